The van der Waals surface area contributed by atoms with Crippen LogP contribution in [-0.2, 0) is 0 Å². The third kappa shape index (κ3) is 5.86. The molecule has 98 valence electrons. The summed E-state index contributed by atoms with van der Waals surface area (Å²) in [5, 5.41) is 3.28. The molecule has 0 saturated carbocycles. The zero-order chi connectivity index (χ0) is 12.6. The van der Waals surface area contributed by atoms with Gasteiger partial charge in [-0.2, -0.15) is 0 Å². The van der Waals surface area contributed by atoms with Crippen LogP contribution in [0.3, 0.4) is 0 Å². The van der Waals surface area contributed by atoms with Gasteiger partial charge in [0.1, 0.15) is 0 Å². The number of nitrogens with zero attached hydrogens (tertiary/aromatic N) is 1. The summed E-state index contributed by atoms with van der Waals surface area (Å²) >= 11 is 0. The van der Waals surface area contributed by atoms with Crippen LogP contribution in [0.5, 0.6) is 0 Å². The van der Waals surface area contributed by atoms with E-state index in [1.165, 1.54) is 25.8 Å². The monoisotopic (exact) mass is 228 g/mol. The van der Waals surface area contributed by atoms with Crippen molar-refractivity contribution in [1.82, 2.24) is 10.2 Å². The van der Waals surface area contributed by atoms with Crippen LogP contribution in [0, 0.1) is 5.92 Å². The van der Waals surface area contributed by atoms with Gasteiger partial charge in [0, 0.05) is 12.1 Å². The maximum atomic E-state index is 3.28. The van der Waals surface area contributed by atoms with Crippen LogP contribution in [0.4, 0.5) is 0 Å². The summed E-state index contributed by atoms with van der Waals surface area (Å²) in [5.74, 6) is 0.717. The van der Waals surface area contributed by atoms with Gasteiger partial charge in [0.2, 0.25) is 0 Å². The molecule has 2 heteroatoms. The second-order valence-electron chi connectivity index (χ2n) is 5.31. The van der Waals surface area contributed by atoms with Crippen LogP contribution in [0.2, 0.25) is 0 Å². The number of unbranched alkanes of at least 4 members (excludes halogenated alkanes) is 2. The Morgan fingerprint density at radius 3 is 2.12 bits per heavy atom. The van der Waals surface area contributed by atoms with Crippen molar-refractivity contribution in [1.29, 1.82) is 0 Å². The molecule has 0 fully saturated rings. The minimum Gasteiger partial charge on any atom is -0.319 e. The van der Waals surface area contributed by atoms with Gasteiger partial charge >= 0.3 is 0 Å². The Bertz CT molecular complexity index is 157. The number of hydrogen-bond acceptors (Lipinski definition) is 2. The van der Waals surface area contributed by atoms with Crippen LogP contribution in [-0.4, -0.2) is 37.1 Å². The largest absolute Gasteiger partial charge is 0.319 e. The minimum absolute atomic E-state index is 0.658. The fraction of sp³-hybridized carbons (Fsp3) is 1.00. The summed E-state index contributed by atoms with van der Waals surface area (Å²) in [5.41, 5.74) is 0. The van der Waals surface area contributed by atoms with Crippen molar-refractivity contribution in [3.8, 4) is 0 Å². The van der Waals surface area contributed by atoms with Crippen molar-refractivity contribution < 1.29 is 0 Å². The van der Waals surface area contributed by atoms with E-state index < -0.39 is 0 Å². The molecular formula is C14H32N2. The molecule has 2 unspecified atom stereocenters. The molecular weight excluding hydrogens is 196 g/mol. The highest BCUT2D eigenvalue weighted by Crippen LogP contribution is 2.15. The number of hydrogen-bond donors (Lipinski definition) is 1. The van der Waals surface area contributed by atoms with Crippen molar-refractivity contribution in [2.24, 2.45) is 5.92 Å². The first-order valence-electron chi connectivity index (χ1n) is 6.94. The van der Waals surface area contributed by atoms with Crippen molar-refractivity contribution in [2.75, 3.05) is 20.1 Å². The first kappa shape index (κ1) is 15.9. The number of nitrogens with one attached hydrogen (secondary N) is 1. The molecule has 0 spiro atoms. The van der Waals surface area contributed by atoms with Crippen molar-refractivity contribution >= 4 is 0 Å². The second kappa shape index (κ2) is 9.00. The van der Waals surface area contributed by atoms with Gasteiger partial charge in [-0.05, 0) is 53.2 Å². The van der Waals surface area contributed by atoms with Crippen LogP contribution in [0.25, 0.3) is 0 Å². The standard InChI is InChI=1S/C14H32N2/c1-7-8-9-10-16(12(2)3)14(5)13(4)11-15-6/h12-15H,7-11H2,1-6H3. The molecule has 0 radical (unpaired) electrons. The SMILES string of the molecule is CCCCCN(C(C)C)C(C)C(C)CNC. The Morgan fingerprint density at radius 2 is 1.69 bits per heavy atom. The molecule has 0 amide bonds. The fourth-order valence-electron chi connectivity index (χ4n) is 2.30. The molecule has 0 bridgehead atoms. The molecule has 2 atom stereocenters. The van der Waals surface area contributed by atoms with E-state index in [0.29, 0.717) is 18.0 Å². The van der Waals surface area contributed by atoms with Crippen LogP contribution in [0.15, 0.2) is 0 Å². The molecule has 0 aliphatic carbocycles. The summed E-state index contributed by atoms with van der Waals surface area (Å²) in [6.45, 7) is 14.0. The molecule has 2 nitrogen and oxygen atoms in total. The van der Waals surface area contributed by atoms with E-state index in [4.69, 9.17) is 0 Å². The summed E-state index contributed by atoms with van der Waals surface area (Å²) in [7, 11) is 2.04. The molecule has 0 rings (SSSR count). The van der Waals surface area contributed by atoms with Gasteiger partial charge in [-0.3, -0.25) is 4.90 Å². The molecule has 0 aromatic rings. The summed E-state index contributed by atoms with van der Waals surface area (Å²) in [6.07, 6.45) is 4.01. The lowest BCUT2D eigenvalue weighted by Crippen LogP contribution is -2.45. The van der Waals surface area contributed by atoms with Gasteiger partial charge in [-0.25, -0.2) is 0 Å². The lowest BCUT2D eigenvalue weighted by atomic mass is 10.00. The Labute approximate surface area is 103 Å². The van der Waals surface area contributed by atoms with Crippen LogP contribution >= 0.6 is 0 Å². The van der Waals surface area contributed by atoms with Gasteiger partial charge < -0.3 is 5.32 Å². The minimum atomic E-state index is 0.658. The maximum Gasteiger partial charge on any atom is 0.0107 e. The first-order chi connectivity index (χ1) is 7.54. The highest BCUT2D eigenvalue weighted by atomic mass is 15.2. The van der Waals surface area contributed by atoms with Crippen LogP contribution < -0.4 is 5.32 Å². The second-order valence-corrected chi connectivity index (χ2v) is 5.31. The predicted molar refractivity (Wildman–Crippen MR) is 73.9 cm³/mol. The quantitative estimate of drug-likeness (QED) is 0.610. The van der Waals surface area contributed by atoms with Gasteiger partial charge in [0.25, 0.3) is 0 Å². The van der Waals surface area contributed by atoms with E-state index in [-0.39, 0.29) is 0 Å². The summed E-state index contributed by atoms with van der Waals surface area (Å²) < 4.78 is 0. The fourth-order valence-corrected chi connectivity index (χ4v) is 2.30. The topological polar surface area (TPSA) is 15.3 Å². The third-order valence-corrected chi connectivity index (χ3v) is 3.56. The summed E-state index contributed by atoms with van der Waals surface area (Å²) in [6, 6.07) is 1.33. The zero-order valence-corrected chi connectivity index (χ0v) is 12.2. The average Bonchev–Trinajstić information content (AvgIpc) is 2.23. The van der Waals surface area contributed by atoms with E-state index in [2.05, 4.69) is 44.8 Å². The van der Waals surface area contributed by atoms with Gasteiger partial charge in [0.05, 0.1) is 0 Å². The maximum absolute atomic E-state index is 3.28. The van der Waals surface area contributed by atoms with E-state index in [9.17, 15) is 0 Å². The lowest BCUT2D eigenvalue weighted by molar-refractivity contribution is 0.121. The Balaban J connectivity index is 4.17. The number of rotatable bonds is 9. The van der Waals surface area contributed by atoms with Gasteiger partial charge in [-0.15, -0.1) is 0 Å². The van der Waals surface area contributed by atoms with Crippen molar-refractivity contribution in [3.63, 3.8) is 0 Å². The van der Waals surface area contributed by atoms with Gasteiger partial charge in [-0.1, -0.05) is 26.7 Å². The third-order valence-electron chi connectivity index (χ3n) is 3.56. The lowest BCUT2D eigenvalue weighted by Gasteiger charge is -2.36. The van der Waals surface area contributed by atoms with Gasteiger partial charge in [0.15, 0.2) is 0 Å². The molecule has 0 saturated heterocycles. The molecule has 0 aromatic carbocycles. The van der Waals surface area contributed by atoms with Crippen molar-refractivity contribution in [3.05, 3.63) is 0 Å². The first-order valence-corrected chi connectivity index (χ1v) is 6.94. The molecule has 0 heterocycles. The van der Waals surface area contributed by atoms with Crippen LogP contribution in [0.1, 0.15) is 53.9 Å². The molecule has 0 aliphatic heterocycles. The summed E-state index contributed by atoms with van der Waals surface area (Å²) in [4.78, 5) is 2.65. The Hall–Kier alpha value is -0.0800. The molecule has 0 aromatic heterocycles. The predicted octanol–water partition coefficient (Wildman–Crippen LogP) is 3.13. The highest BCUT2D eigenvalue weighted by molar-refractivity contribution is 4.76. The Morgan fingerprint density at radius 1 is 1.06 bits per heavy atom. The van der Waals surface area contributed by atoms with E-state index in [0.717, 1.165) is 6.54 Å². The van der Waals surface area contributed by atoms with E-state index in [1.807, 2.05) is 7.05 Å². The Kier molecular flexibility index (Phi) is 8.96. The van der Waals surface area contributed by atoms with E-state index in [1.54, 1.807) is 0 Å². The van der Waals surface area contributed by atoms with Crippen molar-refractivity contribution in [2.45, 2.75) is 66.0 Å². The average molecular weight is 228 g/mol. The molecule has 1 N–H and O–H groups in total. The van der Waals surface area contributed by atoms with E-state index >= 15 is 0 Å². The molecule has 16 heavy (non-hydrogen) atoms. The normalized spacial score (nSPS) is 15.8. The zero-order valence-electron chi connectivity index (χ0n) is 12.2. The highest BCUT2D eigenvalue weighted by Gasteiger charge is 2.21. The molecule has 0 aliphatic rings. The smallest absolute Gasteiger partial charge is 0.0107 e.